The predicted octanol–water partition coefficient (Wildman–Crippen LogP) is 2.22. The van der Waals surface area contributed by atoms with Crippen LogP contribution in [0, 0.1) is 0 Å². The fourth-order valence-corrected chi connectivity index (χ4v) is 1.94. The molecule has 0 spiro atoms. The fraction of sp³-hybridized carbons (Fsp3) is 0.455. The molecule has 0 fully saturated rings. The minimum atomic E-state index is 0.0332. The summed E-state index contributed by atoms with van der Waals surface area (Å²) in [5, 5.41) is 8.79. The van der Waals surface area contributed by atoms with E-state index >= 15 is 0 Å². The molecule has 1 aliphatic carbocycles. The lowest BCUT2D eigenvalue weighted by Crippen LogP contribution is -2.13. The first-order valence-electron chi connectivity index (χ1n) is 4.82. The molecule has 0 amide bonds. The Morgan fingerprint density at radius 1 is 1.31 bits per heavy atom. The highest BCUT2D eigenvalue weighted by Gasteiger charge is 2.12. The van der Waals surface area contributed by atoms with Crippen molar-refractivity contribution in [1.29, 1.82) is 0 Å². The van der Waals surface area contributed by atoms with Crippen LogP contribution in [0.5, 0.6) is 0 Å². The maximum Gasteiger partial charge on any atom is 0.0540 e. The van der Waals surface area contributed by atoms with E-state index in [1.807, 2.05) is 6.92 Å². The third-order valence-electron chi connectivity index (χ3n) is 2.82. The molecule has 0 aromatic heterocycles. The van der Waals surface area contributed by atoms with Crippen molar-refractivity contribution in [3.63, 3.8) is 0 Å². The van der Waals surface area contributed by atoms with Crippen molar-refractivity contribution in [2.45, 2.75) is 32.2 Å². The van der Waals surface area contributed by atoms with Gasteiger partial charge in [0.2, 0.25) is 0 Å². The number of hydrogen-bond acceptors (Lipinski definition) is 2. The normalized spacial score (nSPS) is 17.1. The molecule has 2 heteroatoms. The number of fused-ring (bicyclic) bond motifs is 1. The molecule has 70 valence electrons. The minimum absolute atomic E-state index is 0.0332. The van der Waals surface area contributed by atoms with Gasteiger partial charge in [-0.3, -0.25) is 0 Å². The Labute approximate surface area is 78.5 Å². The van der Waals surface area contributed by atoms with Crippen LogP contribution >= 0.6 is 0 Å². The van der Waals surface area contributed by atoms with Crippen LogP contribution in [-0.2, 0) is 12.8 Å². The van der Waals surface area contributed by atoms with Gasteiger partial charge in [0.25, 0.3) is 0 Å². The average Bonchev–Trinajstić information content (AvgIpc) is 2.63. The quantitative estimate of drug-likeness (QED) is 0.679. The molecule has 0 aliphatic heterocycles. The maximum atomic E-state index is 8.79. The second kappa shape index (κ2) is 3.48. The Balaban J connectivity index is 2.30. The molecule has 0 unspecified atom stereocenters. The molecule has 1 aliphatic rings. The maximum absolute atomic E-state index is 8.79. The van der Waals surface area contributed by atoms with E-state index in [2.05, 4.69) is 23.7 Å². The highest BCUT2D eigenvalue weighted by Crippen LogP contribution is 2.24. The molecule has 1 aromatic rings. The Morgan fingerprint density at radius 3 is 2.85 bits per heavy atom. The van der Waals surface area contributed by atoms with Crippen molar-refractivity contribution < 1.29 is 5.21 Å². The Hall–Kier alpha value is -0.860. The predicted molar refractivity (Wildman–Crippen MR) is 51.8 cm³/mol. The molecule has 0 saturated heterocycles. The summed E-state index contributed by atoms with van der Waals surface area (Å²) >= 11 is 0. The van der Waals surface area contributed by atoms with Gasteiger partial charge in [-0.15, -0.1) is 0 Å². The SMILES string of the molecule is C[C@H](NO)c1ccc2c(c1)CCC2. The van der Waals surface area contributed by atoms with E-state index in [9.17, 15) is 0 Å². The van der Waals surface area contributed by atoms with E-state index in [0.29, 0.717) is 0 Å². The Bertz CT molecular complexity index is 309. The number of benzene rings is 1. The third kappa shape index (κ3) is 1.60. The van der Waals surface area contributed by atoms with Crippen LogP contribution in [0.3, 0.4) is 0 Å². The second-order valence-corrected chi connectivity index (χ2v) is 3.73. The number of aryl methyl sites for hydroxylation is 2. The topological polar surface area (TPSA) is 32.3 Å². The zero-order valence-electron chi connectivity index (χ0n) is 7.88. The first-order chi connectivity index (χ1) is 6.31. The van der Waals surface area contributed by atoms with Gasteiger partial charge in [-0.1, -0.05) is 18.2 Å². The van der Waals surface area contributed by atoms with Crippen molar-refractivity contribution >= 4 is 0 Å². The van der Waals surface area contributed by atoms with E-state index in [-0.39, 0.29) is 6.04 Å². The van der Waals surface area contributed by atoms with Gasteiger partial charge in [0.15, 0.2) is 0 Å². The van der Waals surface area contributed by atoms with Crippen molar-refractivity contribution in [3.05, 3.63) is 34.9 Å². The standard InChI is InChI=1S/C11H15NO/c1-8(12-13)10-6-5-9-3-2-4-11(9)7-10/h5-8,12-13H,2-4H2,1H3/t8-/m0/s1. The summed E-state index contributed by atoms with van der Waals surface area (Å²) in [5.41, 5.74) is 6.38. The molecule has 2 nitrogen and oxygen atoms in total. The van der Waals surface area contributed by atoms with Crippen LogP contribution in [0.25, 0.3) is 0 Å². The zero-order chi connectivity index (χ0) is 9.26. The van der Waals surface area contributed by atoms with Crippen LogP contribution in [0.1, 0.15) is 36.1 Å². The number of hydrogen-bond donors (Lipinski definition) is 2. The second-order valence-electron chi connectivity index (χ2n) is 3.73. The average molecular weight is 177 g/mol. The third-order valence-corrected chi connectivity index (χ3v) is 2.82. The van der Waals surface area contributed by atoms with E-state index in [0.717, 1.165) is 0 Å². The van der Waals surface area contributed by atoms with Crippen LogP contribution in [0.4, 0.5) is 0 Å². The first kappa shape index (κ1) is 8.73. The Morgan fingerprint density at radius 2 is 2.08 bits per heavy atom. The lowest BCUT2D eigenvalue weighted by Gasteiger charge is -2.10. The van der Waals surface area contributed by atoms with Crippen molar-refractivity contribution in [1.82, 2.24) is 5.48 Å². The monoisotopic (exact) mass is 177 g/mol. The summed E-state index contributed by atoms with van der Waals surface area (Å²) in [6, 6.07) is 6.52. The van der Waals surface area contributed by atoms with Crippen molar-refractivity contribution in [3.8, 4) is 0 Å². The van der Waals surface area contributed by atoms with Gasteiger partial charge in [0.1, 0.15) is 0 Å². The van der Waals surface area contributed by atoms with Crippen molar-refractivity contribution in [2.75, 3.05) is 0 Å². The smallest absolute Gasteiger partial charge is 0.0540 e. The van der Waals surface area contributed by atoms with Gasteiger partial charge in [0, 0.05) is 0 Å². The van der Waals surface area contributed by atoms with E-state index in [4.69, 9.17) is 5.21 Å². The van der Waals surface area contributed by atoms with Gasteiger partial charge in [-0.05, 0) is 42.9 Å². The summed E-state index contributed by atoms with van der Waals surface area (Å²) in [7, 11) is 0. The molecule has 13 heavy (non-hydrogen) atoms. The van der Waals surface area contributed by atoms with E-state index < -0.39 is 0 Å². The highest BCUT2D eigenvalue weighted by atomic mass is 16.5. The molecule has 2 N–H and O–H groups in total. The van der Waals surface area contributed by atoms with Gasteiger partial charge < -0.3 is 5.21 Å². The summed E-state index contributed by atoms with van der Waals surface area (Å²) in [6.45, 7) is 1.96. The lowest BCUT2D eigenvalue weighted by molar-refractivity contribution is 0.133. The molecule has 0 bridgehead atoms. The summed E-state index contributed by atoms with van der Waals surface area (Å²) in [4.78, 5) is 0. The van der Waals surface area contributed by atoms with Crippen LogP contribution in [0.15, 0.2) is 18.2 Å². The summed E-state index contributed by atoms with van der Waals surface area (Å²) in [5.74, 6) is 0. The fourth-order valence-electron chi connectivity index (χ4n) is 1.94. The molecular weight excluding hydrogens is 162 g/mol. The van der Waals surface area contributed by atoms with Crippen LogP contribution < -0.4 is 5.48 Å². The zero-order valence-corrected chi connectivity index (χ0v) is 7.88. The minimum Gasteiger partial charge on any atom is -0.316 e. The molecule has 0 heterocycles. The van der Waals surface area contributed by atoms with Crippen LogP contribution in [-0.4, -0.2) is 5.21 Å². The van der Waals surface area contributed by atoms with Gasteiger partial charge >= 0.3 is 0 Å². The van der Waals surface area contributed by atoms with Gasteiger partial charge in [0.05, 0.1) is 6.04 Å². The van der Waals surface area contributed by atoms with Gasteiger partial charge in [-0.2, -0.15) is 5.48 Å². The molecular formula is C11H15NO. The Kier molecular flexibility index (Phi) is 2.34. The number of nitrogens with one attached hydrogen (secondary N) is 1. The van der Waals surface area contributed by atoms with Crippen LogP contribution in [0.2, 0.25) is 0 Å². The largest absolute Gasteiger partial charge is 0.316 e. The van der Waals surface area contributed by atoms with Gasteiger partial charge in [-0.25, -0.2) is 0 Å². The molecule has 1 atom stereocenters. The van der Waals surface area contributed by atoms with E-state index in [1.54, 1.807) is 0 Å². The van der Waals surface area contributed by atoms with E-state index in [1.165, 1.54) is 36.0 Å². The molecule has 0 saturated carbocycles. The first-order valence-corrected chi connectivity index (χ1v) is 4.82. The van der Waals surface area contributed by atoms with Crippen molar-refractivity contribution in [2.24, 2.45) is 0 Å². The molecule has 0 radical (unpaired) electrons. The lowest BCUT2D eigenvalue weighted by atomic mass is 10.0. The highest BCUT2D eigenvalue weighted by molar-refractivity contribution is 5.36. The number of hydroxylamine groups is 1. The molecule has 2 rings (SSSR count). The summed E-state index contributed by atoms with van der Waals surface area (Å²) in [6.07, 6.45) is 3.69. The summed E-state index contributed by atoms with van der Waals surface area (Å²) < 4.78 is 0. The number of rotatable bonds is 2. The molecule has 1 aromatic carbocycles.